The zero-order valence-corrected chi connectivity index (χ0v) is 16.3. The zero-order chi connectivity index (χ0) is 19.9. The van der Waals surface area contributed by atoms with E-state index in [4.69, 9.17) is 5.11 Å². The third kappa shape index (κ3) is 3.60. The average molecular weight is 399 g/mol. The van der Waals surface area contributed by atoms with Crippen LogP contribution in [0.15, 0.2) is 53.7 Å². The standard InChI is InChI=1S/C20H21N3O4S/c1-28(26,27)18-4-5-19-14(10-18)6-9-23(19)13-16-2-3-17(11-21-16)22-8-7-15(12-22)20(24)25/h2-6,9-11,15H,7-8,12-13H2,1H3,(H,24,25). The lowest BCUT2D eigenvalue weighted by Crippen LogP contribution is -2.22. The molecular weight excluding hydrogens is 378 g/mol. The molecule has 1 aliphatic heterocycles. The van der Waals surface area contributed by atoms with Gasteiger partial charge >= 0.3 is 5.97 Å². The van der Waals surface area contributed by atoms with E-state index in [9.17, 15) is 13.2 Å². The highest BCUT2D eigenvalue weighted by atomic mass is 32.2. The topological polar surface area (TPSA) is 92.5 Å². The number of sulfone groups is 1. The smallest absolute Gasteiger partial charge is 0.308 e. The summed E-state index contributed by atoms with van der Waals surface area (Å²) in [7, 11) is -3.23. The molecule has 1 aromatic carbocycles. The molecule has 4 rings (SSSR count). The highest BCUT2D eigenvalue weighted by molar-refractivity contribution is 7.90. The molecule has 1 fully saturated rings. The lowest BCUT2D eigenvalue weighted by Gasteiger charge is -2.18. The maximum Gasteiger partial charge on any atom is 0.308 e. The molecule has 8 heteroatoms. The molecule has 146 valence electrons. The van der Waals surface area contributed by atoms with Gasteiger partial charge in [-0.3, -0.25) is 9.78 Å². The number of aromatic nitrogens is 2. The first-order valence-corrected chi connectivity index (χ1v) is 10.9. The minimum Gasteiger partial charge on any atom is -0.481 e. The average Bonchev–Trinajstić information content (AvgIpc) is 3.29. The van der Waals surface area contributed by atoms with Crippen LogP contribution in [0.3, 0.4) is 0 Å². The summed E-state index contributed by atoms with van der Waals surface area (Å²) in [5.41, 5.74) is 2.76. The maximum absolute atomic E-state index is 11.7. The van der Waals surface area contributed by atoms with E-state index < -0.39 is 15.8 Å². The van der Waals surface area contributed by atoms with Crippen LogP contribution in [0, 0.1) is 5.92 Å². The van der Waals surface area contributed by atoms with E-state index in [0.717, 1.165) is 28.8 Å². The monoisotopic (exact) mass is 399 g/mol. The van der Waals surface area contributed by atoms with Gasteiger partial charge < -0.3 is 14.6 Å². The summed E-state index contributed by atoms with van der Waals surface area (Å²) in [5.74, 6) is -1.06. The Bertz CT molecular complexity index is 1140. The van der Waals surface area contributed by atoms with E-state index >= 15 is 0 Å². The summed E-state index contributed by atoms with van der Waals surface area (Å²) in [4.78, 5) is 18.0. The summed E-state index contributed by atoms with van der Waals surface area (Å²) in [6, 6.07) is 10.9. The molecule has 28 heavy (non-hydrogen) atoms. The van der Waals surface area contributed by atoms with Gasteiger partial charge in [-0.25, -0.2) is 8.42 Å². The van der Waals surface area contributed by atoms with Gasteiger partial charge in [-0.05, 0) is 42.8 Å². The van der Waals surface area contributed by atoms with Crippen LogP contribution in [-0.4, -0.2) is 48.4 Å². The number of rotatable bonds is 5. The number of hydrogen-bond acceptors (Lipinski definition) is 5. The number of nitrogens with zero attached hydrogens (tertiary/aromatic N) is 3. The van der Waals surface area contributed by atoms with Crippen molar-refractivity contribution in [2.75, 3.05) is 24.2 Å². The second-order valence-electron chi connectivity index (χ2n) is 7.21. The Kier molecular flexibility index (Phi) is 4.58. The normalized spacial score (nSPS) is 17.3. The second-order valence-corrected chi connectivity index (χ2v) is 9.23. The van der Waals surface area contributed by atoms with E-state index in [0.29, 0.717) is 24.4 Å². The van der Waals surface area contributed by atoms with Crippen molar-refractivity contribution in [1.82, 2.24) is 9.55 Å². The van der Waals surface area contributed by atoms with Crippen molar-refractivity contribution in [2.45, 2.75) is 17.9 Å². The fraction of sp³-hybridized carbons (Fsp3) is 0.300. The number of aliphatic carboxylic acids is 1. The molecule has 2 aromatic heterocycles. The number of carbonyl (C=O) groups is 1. The number of fused-ring (bicyclic) bond motifs is 1. The summed E-state index contributed by atoms with van der Waals surface area (Å²) in [5, 5.41) is 10.0. The minimum absolute atomic E-state index is 0.311. The van der Waals surface area contributed by atoms with Crippen molar-refractivity contribution in [1.29, 1.82) is 0 Å². The van der Waals surface area contributed by atoms with Gasteiger partial charge in [-0.1, -0.05) is 0 Å². The quantitative estimate of drug-likeness (QED) is 0.708. The third-order valence-electron chi connectivity index (χ3n) is 5.21. The van der Waals surface area contributed by atoms with Crippen molar-refractivity contribution in [3.8, 4) is 0 Å². The summed E-state index contributed by atoms with van der Waals surface area (Å²) >= 11 is 0. The number of carboxylic acid groups (broad SMARTS) is 1. The molecule has 7 nitrogen and oxygen atoms in total. The lowest BCUT2D eigenvalue weighted by atomic mass is 10.1. The van der Waals surface area contributed by atoms with Crippen LogP contribution in [0.4, 0.5) is 5.69 Å². The fourth-order valence-electron chi connectivity index (χ4n) is 3.61. The van der Waals surface area contributed by atoms with Crippen LogP contribution >= 0.6 is 0 Å². The van der Waals surface area contributed by atoms with E-state index in [1.165, 1.54) is 6.26 Å². The van der Waals surface area contributed by atoms with Gasteiger partial charge in [0.2, 0.25) is 0 Å². The Hall–Kier alpha value is -2.87. The molecule has 1 unspecified atom stereocenters. The van der Waals surface area contributed by atoms with Gasteiger partial charge in [0, 0.05) is 36.4 Å². The van der Waals surface area contributed by atoms with Crippen LogP contribution in [0.2, 0.25) is 0 Å². The summed E-state index contributed by atoms with van der Waals surface area (Å²) in [6.07, 6.45) is 5.56. The Morgan fingerprint density at radius 2 is 2.07 bits per heavy atom. The molecule has 1 saturated heterocycles. The molecule has 0 bridgehead atoms. The SMILES string of the molecule is CS(=O)(=O)c1ccc2c(ccn2Cc2ccc(N3CCC(C(=O)O)C3)cn2)c1. The number of carboxylic acids is 1. The Morgan fingerprint density at radius 3 is 2.71 bits per heavy atom. The van der Waals surface area contributed by atoms with Crippen molar-refractivity contribution in [3.63, 3.8) is 0 Å². The van der Waals surface area contributed by atoms with Crippen LogP contribution in [0.1, 0.15) is 12.1 Å². The van der Waals surface area contributed by atoms with E-state index in [1.807, 2.05) is 39.9 Å². The predicted molar refractivity (Wildman–Crippen MR) is 106 cm³/mol. The highest BCUT2D eigenvalue weighted by Crippen LogP contribution is 2.24. The first-order valence-electron chi connectivity index (χ1n) is 9.03. The lowest BCUT2D eigenvalue weighted by molar-refractivity contribution is -0.140. The largest absolute Gasteiger partial charge is 0.481 e. The molecule has 0 radical (unpaired) electrons. The van der Waals surface area contributed by atoms with Crippen molar-refractivity contribution in [3.05, 3.63) is 54.5 Å². The Morgan fingerprint density at radius 1 is 1.25 bits per heavy atom. The van der Waals surface area contributed by atoms with Crippen molar-refractivity contribution in [2.24, 2.45) is 5.92 Å². The maximum atomic E-state index is 11.7. The van der Waals surface area contributed by atoms with Gasteiger partial charge in [-0.15, -0.1) is 0 Å². The molecule has 3 aromatic rings. The Labute approximate surface area is 163 Å². The van der Waals surface area contributed by atoms with Crippen LogP contribution in [0.25, 0.3) is 10.9 Å². The molecule has 0 spiro atoms. The first-order chi connectivity index (χ1) is 13.3. The van der Waals surface area contributed by atoms with Gasteiger partial charge in [0.15, 0.2) is 9.84 Å². The molecular formula is C20H21N3O4S. The highest BCUT2D eigenvalue weighted by Gasteiger charge is 2.28. The molecule has 0 amide bonds. The molecule has 3 heterocycles. The van der Waals surface area contributed by atoms with Gasteiger partial charge in [-0.2, -0.15) is 0 Å². The molecule has 0 aliphatic carbocycles. The summed E-state index contributed by atoms with van der Waals surface area (Å²) in [6.45, 7) is 1.81. The van der Waals surface area contributed by atoms with Crippen molar-refractivity contribution >= 4 is 32.4 Å². The number of hydrogen-bond donors (Lipinski definition) is 1. The van der Waals surface area contributed by atoms with Crippen LogP contribution < -0.4 is 4.90 Å². The molecule has 0 saturated carbocycles. The minimum atomic E-state index is -3.23. The molecule has 1 N–H and O–H groups in total. The van der Waals surface area contributed by atoms with Gasteiger partial charge in [0.1, 0.15) is 0 Å². The second kappa shape index (κ2) is 6.94. The van der Waals surface area contributed by atoms with Crippen molar-refractivity contribution < 1.29 is 18.3 Å². The number of pyridine rings is 1. The fourth-order valence-corrected chi connectivity index (χ4v) is 4.27. The van der Waals surface area contributed by atoms with Gasteiger partial charge in [0.25, 0.3) is 0 Å². The third-order valence-corrected chi connectivity index (χ3v) is 6.32. The molecule has 1 atom stereocenters. The number of anilines is 1. The van der Waals surface area contributed by atoms with E-state index in [1.54, 1.807) is 18.3 Å². The van der Waals surface area contributed by atoms with Gasteiger partial charge in [0.05, 0.1) is 34.9 Å². The van der Waals surface area contributed by atoms with Crippen LogP contribution in [-0.2, 0) is 21.2 Å². The van der Waals surface area contributed by atoms with Crippen LogP contribution in [0.5, 0.6) is 0 Å². The summed E-state index contributed by atoms with van der Waals surface area (Å²) < 4.78 is 25.5. The predicted octanol–water partition coefficient (Wildman–Crippen LogP) is 2.40. The molecule has 1 aliphatic rings. The Balaban J connectivity index is 1.51. The van der Waals surface area contributed by atoms with E-state index in [2.05, 4.69) is 4.98 Å². The first kappa shape index (κ1) is 18.5. The zero-order valence-electron chi connectivity index (χ0n) is 15.4. The number of benzene rings is 1. The van der Waals surface area contributed by atoms with E-state index in [-0.39, 0.29) is 5.92 Å².